The van der Waals surface area contributed by atoms with Gasteiger partial charge in [0.1, 0.15) is 13.2 Å². The van der Waals surface area contributed by atoms with Gasteiger partial charge in [-0.25, -0.2) is 0 Å². The molecule has 6 nitrogen and oxygen atoms in total. The van der Waals surface area contributed by atoms with Gasteiger partial charge >= 0.3 is 5.97 Å². The molecule has 3 aromatic carbocycles. The Morgan fingerprint density at radius 1 is 0.848 bits per heavy atom. The van der Waals surface area contributed by atoms with Crippen LogP contribution in [0.5, 0.6) is 11.5 Å². The van der Waals surface area contributed by atoms with Crippen molar-refractivity contribution in [3.05, 3.63) is 95.6 Å². The van der Waals surface area contributed by atoms with E-state index in [1.54, 1.807) is 18.2 Å². The summed E-state index contributed by atoms with van der Waals surface area (Å²) in [6, 6.07) is 25.8. The summed E-state index contributed by atoms with van der Waals surface area (Å²) in [7, 11) is 0. The van der Waals surface area contributed by atoms with Crippen LogP contribution < -0.4 is 14.8 Å². The summed E-state index contributed by atoms with van der Waals surface area (Å²) >= 11 is 0. The zero-order valence-corrected chi connectivity index (χ0v) is 18.4. The summed E-state index contributed by atoms with van der Waals surface area (Å²) < 4.78 is 16.2. The quantitative estimate of drug-likeness (QED) is 0.506. The van der Waals surface area contributed by atoms with Crippen LogP contribution in [0.3, 0.4) is 0 Å². The van der Waals surface area contributed by atoms with Gasteiger partial charge in [-0.2, -0.15) is 0 Å². The predicted octanol–water partition coefficient (Wildman–Crippen LogP) is 3.88. The van der Waals surface area contributed by atoms with Crippen LogP contribution in [0.15, 0.2) is 78.9 Å². The Hall–Kier alpha value is -3.80. The molecule has 33 heavy (non-hydrogen) atoms. The van der Waals surface area contributed by atoms with Crippen LogP contribution in [0.25, 0.3) is 0 Å². The third-order valence-corrected chi connectivity index (χ3v) is 5.48. The molecule has 0 aliphatic carbocycles. The Morgan fingerprint density at radius 3 is 2.15 bits per heavy atom. The van der Waals surface area contributed by atoms with Crippen molar-refractivity contribution in [2.45, 2.75) is 18.8 Å². The maximum atomic E-state index is 12.2. The standard InChI is InChI=1S/C27H27NO5/c29-26(19-33-27(30)18-20-11-12-24-25(17-20)32-16-15-31-24)28-14-13-23(21-7-3-1-4-8-21)22-9-5-2-6-10-22/h1-12,17,23H,13-16,18-19H2,(H,28,29). The molecule has 4 rings (SSSR count). The molecule has 0 saturated carbocycles. The number of rotatable bonds is 9. The van der Waals surface area contributed by atoms with Gasteiger partial charge in [0.2, 0.25) is 0 Å². The molecule has 3 aromatic rings. The number of ether oxygens (including phenoxy) is 3. The molecule has 0 bridgehead atoms. The van der Waals surface area contributed by atoms with Crippen LogP contribution in [0.1, 0.15) is 29.0 Å². The lowest BCUT2D eigenvalue weighted by molar-refractivity contribution is -0.147. The Morgan fingerprint density at radius 2 is 1.48 bits per heavy atom. The van der Waals surface area contributed by atoms with Gasteiger partial charge in [0, 0.05) is 12.5 Å². The number of esters is 1. The number of carbonyl (C=O) groups excluding carboxylic acids is 2. The van der Waals surface area contributed by atoms with E-state index in [4.69, 9.17) is 14.2 Å². The molecule has 0 radical (unpaired) electrons. The Labute approximate surface area is 193 Å². The zero-order valence-electron chi connectivity index (χ0n) is 18.4. The van der Waals surface area contributed by atoms with E-state index in [1.807, 2.05) is 36.4 Å². The minimum Gasteiger partial charge on any atom is -0.486 e. The zero-order chi connectivity index (χ0) is 22.9. The summed E-state index contributed by atoms with van der Waals surface area (Å²) in [5, 5.41) is 2.86. The summed E-state index contributed by atoms with van der Waals surface area (Å²) in [5.74, 6) is 0.682. The van der Waals surface area contributed by atoms with Gasteiger partial charge in [0.15, 0.2) is 18.1 Å². The predicted molar refractivity (Wildman–Crippen MR) is 124 cm³/mol. The van der Waals surface area contributed by atoms with Crippen molar-refractivity contribution in [2.75, 3.05) is 26.4 Å². The number of benzene rings is 3. The fourth-order valence-electron chi connectivity index (χ4n) is 3.86. The molecular formula is C27H27NO5. The minimum absolute atomic E-state index is 0.0635. The van der Waals surface area contributed by atoms with E-state index in [0.717, 1.165) is 12.0 Å². The second-order valence-electron chi connectivity index (χ2n) is 7.83. The number of hydrogen-bond donors (Lipinski definition) is 1. The van der Waals surface area contributed by atoms with Crippen LogP contribution in [-0.2, 0) is 20.7 Å². The molecule has 0 saturated heterocycles. The highest BCUT2D eigenvalue weighted by atomic mass is 16.6. The largest absolute Gasteiger partial charge is 0.486 e. The molecule has 1 amide bonds. The maximum Gasteiger partial charge on any atom is 0.310 e. The van der Waals surface area contributed by atoms with Gasteiger partial charge in [0.25, 0.3) is 5.91 Å². The fourth-order valence-corrected chi connectivity index (χ4v) is 3.86. The Kier molecular flexibility index (Phi) is 7.59. The lowest BCUT2D eigenvalue weighted by Gasteiger charge is -2.19. The lowest BCUT2D eigenvalue weighted by atomic mass is 9.88. The van der Waals surface area contributed by atoms with Crippen LogP contribution in [0, 0.1) is 0 Å². The first kappa shape index (κ1) is 22.4. The van der Waals surface area contributed by atoms with E-state index in [9.17, 15) is 9.59 Å². The van der Waals surface area contributed by atoms with Gasteiger partial charge in [-0.05, 0) is 35.2 Å². The van der Waals surface area contributed by atoms with E-state index in [1.165, 1.54) is 11.1 Å². The number of nitrogens with one attached hydrogen (secondary N) is 1. The summed E-state index contributed by atoms with van der Waals surface area (Å²) in [5.41, 5.74) is 3.14. The summed E-state index contributed by atoms with van der Waals surface area (Å²) in [6.07, 6.45) is 0.804. The lowest BCUT2D eigenvalue weighted by Crippen LogP contribution is -2.30. The van der Waals surface area contributed by atoms with Crippen molar-refractivity contribution in [3.8, 4) is 11.5 Å². The fraction of sp³-hybridized carbons (Fsp3) is 0.259. The van der Waals surface area contributed by atoms with E-state index >= 15 is 0 Å². The van der Waals surface area contributed by atoms with Gasteiger partial charge in [-0.3, -0.25) is 9.59 Å². The normalized spacial score (nSPS) is 12.3. The minimum atomic E-state index is -0.465. The van der Waals surface area contributed by atoms with Crippen LogP contribution in [0.2, 0.25) is 0 Å². The molecule has 6 heteroatoms. The van der Waals surface area contributed by atoms with Crippen LogP contribution >= 0.6 is 0 Å². The second kappa shape index (κ2) is 11.2. The highest BCUT2D eigenvalue weighted by Gasteiger charge is 2.16. The highest BCUT2D eigenvalue weighted by Crippen LogP contribution is 2.31. The number of fused-ring (bicyclic) bond motifs is 1. The third kappa shape index (κ3) is 6.35. The molecule has 170 valence electrons. The van der Waals surface area contributed by atoms with Crippen LogP contribution in [-0.4, -0.2) is 38.2 Å². The van der Waals surface area contributed by atoms with E-state index < -0.39 is 5.97 Å². The first-order valence-electron chi connectivity index (χ1n) is 11.1. The molecule has 0 aromatic heterocycles. The highest BCUT2D eigenvalue weighted by molar-refractivity contribution is 5.81. The number of carbonyl (C=O) groups is 2. The van der Waals surface area contributed by atoms with Crippen molar-refractivity contribution in [2.24, 2.45) is 0 Å². The first-order chi connectivity index (χ1) is 16.2. The van der Waals surface area contributed by atoms with Gasteiger partial charge in [0.05, 0.1) is 6.42 Å². The molecule has 1 aliphatic rings. The molecule has 1 heterocycles. The average molecular weight is 446 g/mol. The number of hydrogen-bond acceptors (Lipinski definition) is 5. The second-order valence-corrected chi connectivity index (χ2v) is 7.83. The molecule has 1 aliphatic heterocycles. The first-order valence-corrected chi connectivity index (χ1v) is 11.1. The monoisotopic (exact) mass is 445 g/mol. The van der Waals surface area contributed by atoms with Gasteiger partial charge < -0.3 is 19.5 Å². The molecule has 1 N–H and O–H groups in total. The molecule has 0 fully saturated rings. The van der Waals surface area contributed by atoms with Crippen molar-refractivity contribution < 1.29 is 23.8 Å². The van der Waals surface area contributed by atoms with E-state index in [2.05, 4.69) is 29.6 Å². The SMILES string of the molecule is O=C(COC(=O)Cc1ccc2c(c1)OCCO2)NCCC(c1ccccc1)c1ccccc1. The van der Waals surface area contributed by atoms with Crippen molar-refractivity contribution >= 4 is 11.9 Å². The topological polar surface area (TPSA) is 73.9 Å². The Bertz CT molecular complexity index is 1030. The summed E-state index contributed by atoms with van der Waals surface area (Å²) in [6.45, 7) is 1.18. The Balaban J connectivity index is 1.23. The van der Waals surface area contributed by atoms with E-state index in [-0.39, 0.29) is 24.9 Å². The van der Waals surface area contributed by atoms with E-state index in [0.29, 0.717) is 31.3 Å². The average Bonchev–Trinajstić information content (AvgIpc) is 2.86. The number of amides is 1. The van der Waals surface area contributed by atoms with Crippen molar-refractivity contribution in [1.82, 2.24) is 5.32 Å². The molecule has 0 unspecified atom stereocenters. The van der Waals surface area contributed by atoms with Crippen LogP contribution in [0.4, 0.5) is 0 Å². The molecular weight excluding hydrogens is 418 g/mol. The van der Waals surface area contributed by atoms with Gasteiger partial charge in [-0.15, -0.1) is 0 Å². The maximum absolute atomic E-state index is 12.2. The van der Waals surface area contributed by atoms with Crippen molar-refractivity contribution in [3.63, 3.8) is 0 Å². The summed E-state index contributed by atoms with van der Waals surface area (Å²) in [4.78, 5) is 24.4. The molecule has 0 spiro atoms. The van der Waals surface area contributed by atoms with Crippen molar-refractivity contribution in [1.29, 1.82) is 0 Å². The smallest absolute Gasteiger partial charge is 0.310 e. The third-order valence-electron chi connectivity index (χ3n) is 5.48. The van der Waals surface area contributed by atoms with Gasteiger partial charge in [-0.1, -0.05) is 66.7 Å². The molecule has 0 atom stereocenters.